The van der Waals surface area contributed by atoms with Crippen LogP contribution in [0.5, 0.6) is 0 Å². The molecule has 2 unspecified atom stereocenters. The number of anilines is 1. The Morgan fingerprint density at radius 1 is 0.900 bits per heavy atom. The van der Waals surface area contributed by atoms with Gasteiger partial charge in [0, 0.05) is 12.2 Å². The van der Waals surface area contributed by atoms with Gasteiger partial charge >= 0.3 is 6.09 Å². The monoisotopic (exact) mass is 551 g/mol. The summed E-state index contributed by atoms with van der Waals surface area (Å²) in [6, 6.07) is 11.8. The van der Waals surface area contributed by atoms with Crippen molar-refractivity contribution in [3.05, 3.63) is 64.7 Å². The zero-order chi connectivity index (χ0) is 29.9. The van der Waals surface area contributed by atoms with Crippen molar-refractivity contribution in [1.29, 1.82) is 0 Å². The zero-order valence-electron chi connectivity index (χ0n) is 25.7. The molecule has 220 valence electrons. The van der Waals surface area contributed by atoms with Gasteiger partial charge in [-0.25, -0.2) is 4.79 Å². The van der Waals surface area contributed by atoms with E-state index in [0.29, 0.717) is 6.54 Å². The number of para-hydroxylation sites is 1. The third-order valence-corrected chi connectivity index (χ3v) is 6.79. The van der Waals surface area contributed by atoms with E-state index in [2.05, 4.69) is 17.6 Å². The maximum Gasteiger partial charge on any atom is 0.408 e. The fraction of sp³-hybridized carbons (Fsp3) is 0.545. The third-order valence-electron chi connectivity index (χ3n) is 6.79. The topological polar surface area (TPSA) is 87.7 Å². The Morgan fingerprint density at radius 2 is 1.50 bits per heavy atom. The van der Waals surface area contributed by atoms with E-state index in [1.165, 1.54) is 6.42 Å². The fourth-order valence-corrected chi connectivity index (χ4v) is 4.74. The van der Waals surface area contributed by atoms with E-state index in [1.54, 1.807) is 32.6 Å². The van der Waals surface area contributed by atoms with Crippen LogP contribution in [0.4, 0.5) is 10.5 Å². The molecule has 0 aliphatic rings. The summed E-state index contributed by atoms with van der Waals surface area (Å²) in [4.78, 5) is 42.2. The molecule has 40 heavy (non-hydrogen) atoms. The minimum Gasteiger partial charge on any atom is -0.444 e. The van der Waals surface area contributed by atoms with Crippen LogP contribution in [0.1, 0.15) is 101 Å². The Morgan fingerprint density at radius 3 is 2.10 bits per heavy atom. The molecular weight excluding hydrogens is 502 g/mol. The van der Waals surface area contributed by atoms with Gasteiger partial charge in [0.25, 0.3) is 5.91 Å². The van der Waals surface area contributed by atoms with E-state index in [-0.39, 0.29) is 11.8 Å². The number of alkyl carbamates (subject to hydrolysis) is 1. The Hall–Kier alpha value is -3.35. The van der Waals surface area contributed by atoms with Gasteiger partial charge in [0.15, 0.2) is 0 Å². The molecule has 0 aliphatic heterocycles. The van der Waals surface area contributed by atoms with E-state index >= 15 is 0 Å². The minimum atomic E-state index is -0.879. The summed E-state index contributed by atoms with van der Waals surface area (Å²) in [7, 11) is 0. The molecule has 3 amide bonds. The van der Waals surface area contributed by atoms with Crippen LogP contribution in [0.3, 0.4) is 0 Å². The van der Waals surface area contributed by atoms with Gasteiger partial charge in [0.05, 0.1) is 0 Å². The number of unbranched alkanes of at least 4 members (excludes halogenated alkanes) is 5. The van der Waals surface area contributed by atoms with Crippen LogP contribution in [0.15, 0.2) is 42.5 Å². The largest absolute Gasteiger partial charge is 0.444 e. The average Bonchev–Trinajstić information content (AvgIpc) is 2.86. The lowest BCUT2D eigenvalue weighted by atomic mass is 9.99. The number of carbonyl (C=O) groups is 3. The van der Waals surface area contributed by atoms with E-state index < -0.39 is 23.8 Å². The molecule has 0 aromatic heterocycles. The number of ether oxygens (including phenoxy) is 1. The van der Waals surface area contributed by atoms with Gasteiger partial charge in [-0.05, 0) is 71.6 Å². The molecule has 0 spiro atoms. The first-order chi connectivity index (χ1) is 18.8. The van der Waals surface area contributed by atoms with Crippen LogP contribution in [0.25, 0.3) is 0 Å². The van der Waals surface area contributed by atoms with Gasteiger partial charge in [0.2, 0.25) is 5.91 Å². The number of aryl methyl sites for hydroxylation is 3. The van der Waals surface area contributed by atoms with Crippen molar-refractivity contribution >= 4 is 23.6 Å². The Kier molecular flexibility index (Phi) is 12.7. The number of nitrogens with one attached hydrogen (secondary N) is 2. The molecule has 7 nitrogen and oxygen atoms in total. The highest BCUT2D eigenvalue weighted by atomic mass is 16.6. The first kappa shape index (κ1) is 32.9. The highest BCUT2D eigenvalue weighted by Crippen LogP contribution is 2.28. The second-order valence-electron chi connectivity index (χ2n) is 11.7. The van der Waals surface area contributed by atoms with Gasteiger partial charge in [-0.15, -0.1) is 0 Å². The average molecular weight is 552 g/mol. The van der Waals surface area contributed by atoms with Crippen molar-refractivity contribution in [2.24, 2.45) is 0 Å². The zero-order valence-corrected chi connectivity index (χ0v) is 25.7. The lowest BCUT2D eigenvalue weighted by Crippen LogP contribution is -2.51. The molecule has 0 saturated carbocycles. The van der Waals surface area contributed by atoms with E-state index in [9.17, 15) is 14.4 Å². The van der Waals surface area contributed by atoms with Gasteiger partial charge in [-0.2, -0.15) is 0 Å². The molecule has 2 atom stereocenters. The summed E-state index contributed by atoms with van der Waals surface area (Å²) in [5.41, 5.74) is 3.68. The predicted octanol–water partition coefficient (Wildman–Crippen LogP) is 7.39. The number of hydrogen-bond donors (Lipinski definition) is 2. The lowest BCUT2D eigenvalue weighted by Gasteiger charge is -2.34. The van der Waals surface area contributed by atoms with Crippen molar-refractivity contribution < 1.29 is 19.1 Å². The number of nitrogens with zero attached hydrogens (tertiary/aromatic N) is 1. The maximum absolute atomic E-state index is 14.1. The van der Waals surface area contributed by atoms with Gasteiger partial charge in [-0.3, -0.25) is 9.59 Å². The molecule has 0 bridgehead atoms. The van der Waals surface area contributed by atoms with Gasteiger partial charge in [-0.1, -0.05) is 87.1 Å². The molecule has 2 N–H and O–H groups in total. The minimum absolute atomic E-state index is 0.285. The van der Waals surface area contributed by atoms with Crippen LogP contribution in [-0.2, 0) is 14.3 Å². The van der Waals surface area contributed by atoms with Crippen LogP contribution >= 0.6 is 0 Å². The number of amides is 3. The molecule has 2 aromatic carbocycles. The van der Waals surface area contributed by atoms with Crippen LogP contribution in [0.2, 0.25) is 0 Å². The van der Waals surface area contributed by atoms with Gasteiger partial charge < -0.3 is 20.3 Å². The molecule has 2 rings (SSSR count). The Labute approximate surface area is 241 Å². The number of carbonyl (C=O) groups excluding carboxylic acids is 3. The molecule has 0 saturated heterocycles. The second kappa shape index (κ2) is 15.4. The summed E-state index contributed by atoms with van der Waals surface area (Å²) in [6.45, 7) is 15.4. The van der Waals surface area contributed by atoms with E-state index in [1.807, 2.05) is 63.2 Å². The van der Waals surface area contributed by atoms with Gasteiger partial charge in [0.1, 0.15) is 17.7 Å². The first-order valence-electron chi connectivity index (χ1n) is 14.6. The molecular formula is C33H49N3O4. The second-order valence-corrected chi connectivity index (χ2v) is 11.7. The summed E-state index contributed by atoms with van der Waals surface area (Å²) in [6.07, 6.45) is 5.61. The fourth-order valence-electron chi connectivity index (χ4n) is 4.74. The normalized spacial score (nSPS) is 12.8. The highest BCUT2D eigenvalue weighted by Gasteiger charge is 2.35. The summed E-state index contributed by atoms with van der Waals surface area (Å²) < 4.78 is 5.39. The molecule has 0 radical (unpaired) electrons. The molecule has 0 heterocycles. The van der Waals surface area contributed by atoms with Crippen molar-refractivity contribution in [3.63, 3.8) is 0 Å². The van der Waals surface area contributed by atoms with Crippen LogP contribution in [0, 0.1) is 20.8 Å². The highest BCUT2D eigenvalue weighted by molar-refractivity contribution is 5.99. The third kappa shape index (κ3) is 10.3. The van der Waals surface area contributed by atoms with E-state index in [0.717, 1.165) is 60.0 Å². The molecule has 0 aliphatic carbocycles. The van der Waals surface area contributed by atoms with E-state index in [4.69, 9.17) is 4.74 Å². The predicted molar refractivity (Wildman–Crippen MR) is 162 cm³/mol. The quantitative estimate of drug-likeness (QED) is 0.254. The number of rotatable bonds is 13. The number of hydrogen-bond acceptors (Lipinski definition) is 4. The Balaban J connectivity index is 2.44. The van der Waals surface area contributed by atoms with Crippen LogP contribution in [-0.4, -0.2) is 41.0 Å². The van der Waals surface area contributed by atoms with Crippen molar-refractivity contribution in [1.82, 2.24) is 10.2 Å². The van der Waals surface area contributed by atoms with Crippen LogP contribution < -0.4 is 10.6 Å². The Bertz CT molecular complexity index is 1120. The standard InChI is InChI=1S/C33H49N3O4/c1-9-10-11-12-13-14-21-36(31(38)26(5)34-32(39)40-33(6,7)8)29(27-20-15-17-23(2)22-27)30(37)35-28-24(3)18-16-19-25(28)4/h15-20,22,26,29H,9-14,21H2,1-8H3,(H,34,39)(H,35,37). The SMILES string of the molecule is CCCCCCCCN(C(=O)C(C)NC(=O)OC(C)(C)C)C(C(=O)Nc1c(C)cccc1C)c1cccc(C)c1. The molecule has 7 heteroatoms. The number of benzene rings is 2. The van der Waals surface area contributed by atoms with Crippen molar-refractivity contribution in [2.45, 2.75) is 112 Å². The van der Waals surface area contributed by atoms with Crippen molar-refractivity contribution in [2.75, 3.05) is 11.9 Å². The smallest absolute Gasteiger partial charge is 0.408 e. The molecule has 2 aromatic rings. The molecule has 0 fully saturated rings. The summed E-state index contributed by atoms with van der Waals surface area (Å²) in [5.74, 6) is -0.616. The summed E-state index contributed by atoms with van der Waals surface area (Å²) in [5, 5.41) is 5.79. The van der Waals surface area contributed by atoms with Crippen molar-refractivity contribution in [3.8, 4) is 0 Å². The summed E-state index contributed by atoms with van der Waals surface area (Å²) >= 11 is 0. The first-order valence-corrected chi connectivity index (χ1v) is 14.6. The lowest BCUT2D eigenvalue weighted by molar-refractivity contribution is -0.140. The maximum atomic E-state index is 14.1.